The molecule has 0 saturated heterocycles. The average Bonchev–Trinajstić information content (AvgIpc) is 3.36. The van der Waals surface area contributed by atoms with Gasteiger partial charge in [0.15, 0.2) is 5.65 Å². The van der Waals surface area contributed by atoms with E-state index in [1.54, 1.807) is 0 Å². The molecule has 3 rings (SSSR count). The second kappa shape index (κ2) is 7.18. The normalized spacial score (nSPS) is 15.8. The number of aromatic nitrogens is 3. The highest BCUT2D eigenvalue weighted by Gasteiger charge is 2.31. The predicted molar refractivity (Wildman–Crippen MR) is 108 cm³/mol. The smallest absolute Gasteiger partial charge is 0.326 e. The number of nitrogens with zero attached hydrogens (tertiary/aromatic N) is 3. The van der Waals surface area contributed by atoms with Gasteiger partial charge in [-0.1, -0.05) is 13.8 Å². The molecule has 2 heterocycles. The molecular weight excluding hydrogens is 356 g/mol. The lowest BCUT2D eigenvalue weighted by Gasteiger charge is -2.20. The van der Waals surface area contributed by atoms with Gasteiger partial charge in [-0.2, -0.15) is 5.10 Å². The molecule has 1 saturated carbocycles. The van der Waals surface area contributed by atoms with Crippen LogP contribution >= 0.6 is 0 Å². The van der Waals surface area contributed by atoms with Gasteiger partial charge in [0.05, 0.1) is 22.2 Å². The summed E-state index contributed by atoms with van der Waals surface area (Å²) in [4.78, 5) is 29.6. The van der Waals surface area contributed by atoms with Crippen molar-refractivity contribution in [3.8, 4) is 0 Å². The van der Waals surface area contributed by atoms with E-state index in [2.05, 4.69) is 10.4 Å². The van der Waals surface area contributed by atoms with E-state index in [1.807, 2.05) is 52.3 Å². The quantitative estimate of drug-likeness (QED) is 0.790. The van der Waals surface area contributed by atoms with Crippen molar-refractivity contribution in [2.45, 2.75) is 78.3 Å². The highest BCUT2D eigenvalue weighted by atomic mass is 16.4. The summed E-state index contributed by atoms with van der Waals surface area (Å²) in [5.74, 6) is -0.868. The van der Waals surface area contributed by atoms with E-state index in [-0.39, 0.29) is 17.4 Å². The lowest BCUT2D eigenvalue weighted by molar-refractivity contribution is -0.139. The monoisotopic (exact) mass is 386 g/mol. The van der Waals surface area contributed by atoms with Crippen molar-refractivity contribution in [3.63, 3.8) is 0 Å². The summed E-state index contributed by atoms with van der Waals surface area (Å²) in [6.07, 6.45) is 2.51. The molecule has 0 radical (unpaired) electrons. The number of pyridine rings is 1. The molecule has 0 aromatic carbocycles. The number of nitrogens with one attached hydrogen (secondary N) is 1. The lowest BCUT2D eigenvalue weighted by Crippen LogP contribution is -2.41. The molecule has 0 aliphatic heterocycles. The van der Waals surface area contributed by atoms with Crippen molar-refractivity contribution in [1.29, 1.82) is 0 Å². The first kappa shape index (κ1) is 20.3. The third-order valence-electron chi connectivity index (χ3n) is 5.02. The summed E-state index contributed by atoms with van der Waals surface area (Å²) in [7, 11) is 0. The summed E-state index contributed by atoms with van der Waals surface area (Å²) in [6.45, 7) is 11.9. The molecule has 0 unspecified atom stereocenters. The molecule has 0 spiro atoms. The van der Waals surface area contributed by atoms with Gasteiger partial charge in [-0.25, -0.2) is 14.5 Å². The first-order valence-corrected chi connectivity index (χ1v) is 9.93. The highest BCUT2D eigenvalue weighted by Crippen LogP contribution is 2.41. The first-order valence-electron chi connectivity index (χ1n) is 9.93. The van der Waals surface area contributed by atoms with E-state index in [4.69, 9.17) is 4.98 Å². The summed E-state index contributed by atoms with van der Waals surface area (Å²) in [6, 6.07) is 0.906. The fourth-order valence-electron chi connectivity index (χ4n) is 3.47. The van der Waals surface area contributed by atoms with Crippen LogP contribution in [0.4, 0.5) is 0 Å². The molecule has 1 aliphatic carbocycles. The molecule has 1 aliphatic rings. The summed E-state index contributed by atoms with van der Waals surface area (Å²) in [5.41, 5.74) is 2.49. The van der Waals surface area contributed by atoms with Gasteiger partial charge in [-0.15, -0.1) is 0 Å². The van der Waals surface area contributed by atoms with E-state index in [0.717, 1.165) is 24.2 Å². The zero-order valence-electron chi connectivity index (χ0n) is 17.5. The minimum Gasteiger partial charge on any atom is -0.480 e. The van der Waals surface area contributed by atoms with Crippen LogP contribution in [-0.4, -0.2) is 37.8 Å². The van der Waals surface area contributed by atoms with Crippen LogP contribution in [0.25, 0.3) is 11.0 Å². The largest absolute Gasteiger partial charge is 0.480 e. The van der Waals surface area contributed by atoms with Gasteiger partial charge in [-0.3, -0.25) is 4.79 Å². The molecule has 7 heteroatoms. The molecule has 1 fully saturated rings. The molecule has 152 valence electrons. The fourth-order valence-corrected chi connectivity index (χ4v) is 3.47. The minimum absolute atomic E-state index is 0.159. The third kappa shape index (κ3) is 4.03. The van der Waals surface area contributed by atoms with E-state index in [0.29, 0.717) is 28.9 Å². The Kier molecular flexibility index (Phi) is 5.21. The molecule has 2 aromatic heterocycles. The van der Waals surface area contributed by atoms with E-state index in [1.165, 1.54) is 0 Å². The second-order valence-electron chi connectivity index (χ2n) is 9.23. The number of carboxylic acid groups (broad SMARTS) is 1. The van der Waals surface area contributed by atoms with Crippen LogP contribution in [0.2, 0.25) is 0 Å². The minimum atomic E-state index is -1.02. The van der Waals surface area contributed by atoms with E-state index in [9.17, 15) is 14.7 Å². The Morgan fingerprint density at radius 1 is 1.32 bits per heavy atom. The number of rotatable bonds is 6. The molecule has 28 heavy (non-hydrogen) atoms. The maximum atomic E-state index is 13.1. The topological polar surface area (TPSA) is 97.1 Å². The SMILES string of the molecule is Cc1nn(C(C)(C)C)c2nc(C3CC3)cc(C(=O)N[C@@H](CC(C)C)C(=O)O)c12. The van der Waals surface area contributed by atoms with Gasteiger partial charge in [0.1, 0.15) is 6.04 Å². The van der Waals surface area contributed by atoms with Crippen LogP contribution in [-0.2, 0) is 10.3 Å². The van der Waals surface area contributed by atoms with Crippen molar-refractivity contribution in [3.05, 3.63) is 23.0 Å². The van der Waals surface area contributed by atoms with Crippen LogP contribution < -0.4 is 5.32 Å². The van der Waals surface area contributed by atoms with Crippen LogP contribution in [0.3, 0.4) is 0 Å². The van der Waals surface area contributed by atoms with E-state index >= 15 is 0 Å². The van der Waals surface area contributed by atoms with Gasteiger partial charge < -0.3 is 10.4 Å². The lowest BCUT2D eigenvalue weighted by atomic mass is 10.0. The standard InChI is InChI=1S/C21H30N4O3/c1-11(2)9-16(20(27)28)23-19(26)14-10-15(13-7-8-13)22-18-17(14)12(3)24-25(18)21(4,5)6/h10-11,13,16H,7-9H2,1-6H3,(H,23,26)(H,27,28)/t16-/m0/s1. The number of carbonyl (C=O) groups is 2. The molecule has 1 amide bonds. The van der Waals surface area contributed by atoms with Crippen molar-refractivity contribution in [2.24, 2.45) is 5.92 Å². The van der Waals surface area contributed by atoms with Crippen molar-refractivity contribution < 1.29 is 14.7 Å². The maximum absolute atomic E-state index is 13.1. The molecular formula is C21H30N4O3. The van der Waals surface area contributed by atoms with Gasteiger partial charge in [0.25, 0.3) is 5.91 Å². The molecule has 0 bridgehead atoms. The Hall–Kier alpha value is -2.44. The number of hydrogen-bond donors (Lipinski definition) is 2. The molecule has 7 nitrogen and oxygen atoms in total. The molecule has 1 atom stereocenters. The Morgan fingerprint density at radius 2 is 1.96 bits per heavy atom. The van der Waals surface area contributed by atoms with Gasteiger partial charge >= 0.3 is 5.97 Å². The summed E-state index contributed by atoms with van der Waals surface area (Å²) < 4.78 is 1.86. The van der Waals surface area contributed by atoms with Crippen LogP contribution in [0.1, 0.15) is 81.5 Å². The number of carboxylic acids is 1. The van der Waals surface area contributed by atoms with E-state index < -0.39 is 12.0 Å². The summed E-state index contributed by atoms with van der Waals surface area (Å²) >= 11 is 0. The third-order valence-corrected chi connectivity index (χ3v) is 5.02. The number of amides is 1. The number of hydrogen-bond acceptors (Lipinski definition) is 4. The van der Waals surface area contributed by atoms with Crippen molar-refractivity contribution in [2.75, 3.05) is 0 Å². The predicted octanol–water partition coefficient (Wildman–Crippen LogP) is 3.60. The Morgan fingerprint density at radius 3 is 2.46 bits per heavy atom. The number of carbonyl (C=O) groups excluding carboxylic acids is 1. The fraction of sp³-hybridized carbons (Fsp3) is 0.619. The first-order chi connectivity index (χ1) is 13.0. The van der Waals surface area contributed by atoms with Crippen LogP contribution in [0.15, 0.2) is 6.07 Å². The molecule has 2 N–H and O–H groups in total. The Labute approximate surface area is 165 Å². The highest BCUT2D eigenvalue weighted by molar-refractivity contribution is 6.07. The zero-order chi connectivity index (χ0) is 20.8. The summed E-state index contributed by atoms with van der Waals surface area (Å²) in [5, 5.41) is 17.6. The maximum Gasteiger partial charge on any atom is 0.326 e. The number of aryl methyl sites for hydroxylation is 1. The van der Waals surface area contributed by atoms with Crippen molar-refractivity contribution >= 4 is 22.9 Å². The Balaban J connectivity index is 2.10. The van der Waals surface area contributed by atoms with Gasteiger partial charge in [-0.05, 0) is 58.9 Å². The average molecular weight is 386 g/mol. The Bertz CT molecular complexity index is 920. The number of aliphatic carboxylic acids is 1. The van der Waals surface area contributed by atoms with Gasteiger partial charge in [0, 0.05) is 11.6 Å². The van der Waals surface area contributed by atoms with Crippen LogP contribution in [0.5, 0.6) is 0 Å². The van der Waals surface area contributed by atoms with Crippen molar-refractivity contribution in [1.82, 2.24) is 20.1 Å². The second-order valence-corrected chi connectivity index (χ2v) is 9.23. The molecule has 2 aromatic rings. The van der Waals surface area contributed by atoms with Gasteiger partial charge in [0.2, 0.25) is 0 Å². The zero-order valence-corrected chi connectivity index (χ0v) is 17.5. The van der Waals surface area contributed by atoms with Crippen LogP contribution in [0, 0.1) is 12.8 Å². The number of fused-ring (bicyclic) bond motifs is 1.